The number of alkyl carbamates (subject to hydrolysis) is 1. The number of ether oxygens (including phenoxy) is 8. The van der Waals surface area contributed by atoms with Crippen LogP contribution in [0.2, 0.25) is 0 Å². The van der Waals surface area contributed by atoms with E-state index in [1.54, 1.807) is 14.2 Å². The van der Waals surface area contributed by atoms with Gasteiger partial charge in [0.15, 0.2) is 0 Å². The van der Waals surface area contributed by atoms with Crippen molar-refractivity contribution in [2.75, 3.05) is 21.3 Å². The van der Waals surface area contributed by atoms with Crippen molar-refractivity contribution in [2.45, 2.75) is 348 Å². The van der Waals surface area contributed by atoms with Gasteiger partial charge in [-0.1, -0.05) is 167 Å². The molecule has 27 heteroatoms. The van der Waals surface area contributed by atoms with E-state index in [1.165, 1.54) is 29.2 Å². The highest BCUT2D eigenvalue weighted by atomic mass is 16.6. The van der Waals surface area contributed by atoms with Crippen molar-refractivity contribution in [3.63, 3.8) is 0 Å². The number of nitrogens with one attached hydrogen (secondary N) is 1. The van der Waals surface area contributed by atoms with E-state index in [9.17, 15) is 79.2 Å². The fourth-order valence-corrected chi connectivity index (χ4v) is 23.4. The molecule has 740 valence electrons. The molecule has 3 fully saturated rings. The molecule has 27 nitrogen and oxygen atoms in total. The van der Waals surface area contributed by atoms with E-state index < -0.39 is 66.9 Å². The highest BCUT2D eigenvalue weighted by molar-refractivity contribution is 5.73. The van der Waals surface area contributed by atoms with Crippen LogP contribution in [0, 0.1) is 118 Å². The number of allylic oxidation sites excluding steroid dienone is 14. The standard InChI is InChI=1S/C24H38O6.C21H31NO5.C21H30O5.C20H30O4.C19H30O6/c1-5-15(3)24(29)30-21-11-14(2)10-17-7-6-16(4)20(23(17)21)9-8-18(25)12-19(26)13-22(27)28;1-12-8-14-5-4-13(2)17(20(14)18(9-12)27-21(25)22-3)7-6-16-10-15(23)11-19(24)26-16;1-12-8-15-5-4-13(2)18(21(15)19(9-12)25-14(3)22)7-6-17-10-16(23)11-20(24)26-17;1-12-8-14-5-4-13(2)17(20(14)18(9-12)23-3)7-6-16-10-15(21)11-19(22)24-16;1-11-3-4-12-7-14(21)9-17(25-2)19(12)16(11)6-5-13(20)8-15(22)10-18(23)24/h6-7,10,14-16,18-21,23,25-26H,5,8-9,11-13H2,1-4H3,(H,27,28);4-5,8,12-13,15-18,20,23H,6-7,9-11H2,1-3H3,(H,22,25);4-5,8,12-13,16-19,21,23H,6-7,9-11H2,1-3H3;4-5,8,12-13,15-18,20-21H,6-7,9-11H2,1-3H3;3-4,7,11,13-17,19-22H,5-6,8-10H2,1-2H3,(H,23,24)/t14?,15-,16-,18+,19+,20-,21-,23?;12-,13-,15+,16+,17-,18-,20-;12-,13-,16+,17+,18-,19-,21-;12-,13-,15+,16+,17-,18-,20-;11-,13+,14+,15+,16-,17-,19?/m00000/s1. The number of cyclic esters (lactones) is 3. The van der Waals surface area contributed by atoms with Gasteiger partial charge in [0.25, 0.3) is 0 Å². The molecule has 132 heavy (non-hydrogen) atoms. The lowest BCUT2D eigenvalue weighted by Gasteiger charge is -2.43. The lowest BCUT2D eigenvalue weighted by Crippen LogP contribution is -2.42. The number of carbonyl (C=O) groups excluding carboxylic acids is 6. The number of carboxylic acid groups (broad SMARTS) is 2. The van der Waals surface area contributed by atoms with Crippen molar-refractivity contribution in [3.8, 4) is 0 Å². The molecule has 13 rings (SSSR count). The molecule has 0 aromatic heterocycles. The fraction of sp³-hybridized carbons (Fsp3) is 0.733. The zero-order chi connectivity index (χ0) is 96.6. The third kappa shape index (κ3) is 31.8. The van der Waals surface area contributed by atoms with Crippen LogP contribution in [0.5, 0.6) is 0 Å². The SMILES string of the molecule is CC(=O)O[C@H]1C[C@@H](C)C=C2C=C[C@H](C)[C@H](CC[C@@H]3C[C@@H](O)CC(=O)O3)[C@H]21.CC[C@H](C)C(=O)O[C@H]1CC(C)C=C2C=C[C@H](C)[C@H](CC[C@@H](O)C[C@@H](O)CC(=O)O)C21.CNC(=O)O[C@H]1C[C@@H](C)C=C2C=C[C@H](C)[C@H](CC[C@@H]3C[C@@H](O)CC(=O)O3)[C@H]21.CO[C@H]1C[C@@H](C)C=C2C=C[C@H](C)[C@H](CC[C@@H]3C[C@@H](O)CC(=O)O3)[C@H]21.CO[C@H]1C[C@H](O)C=C2C=C[C@H](C)[C@H](CC[C@@H](O)C[C@@H](O)CC(=O)O)C21. The third-order valence-electron chi connectivity index (χ3n) is 30.2. The van der Waals surface area contributed by atoms with Crippen LogP contribution in [0.15, 0.2) is 119 Å². The maximum absolute atomic E-state index is 12.5. The normalized spacial score (nSPS) is 36.9. The smallest absolute Gasteiger partial charge is 0.407 e. The molecule has 0 spiro atoms. The predicted octanol–water partition coefficient (Wildman–Crippen LogP) is 14.6. The first-order valence-electron chi connectivity index (χ1n) is 49.4. The molecular weight excluding hydrogens is 1690 g/mol. The van der Waals surface area contributed by atoms with Crippen molar-refractivity contribution < 1.29 is 127 Å². The van der Waals surface area contributed by atoms with Crippen LogP contribution in [-0.4, -0.2) is 218 Å². The van der Waals surface area contributed by atoms with Gasteiger partial charge >= 0.3 is 47.9 Å². The molecule has 1 amide bonds. The monoisotopic (exact) mass is 1850 g/mol. The first kappa shape index (κ1) is 108. The Bertz CT molecular complexity index is 4120. The number of amides is 1. The Labute approximate surface area is 782 Å². The van der Waals surface area contributed by atoms with Gasteiger partial charge in [0.1, 0.15) is 36.6 Å². The molecule has 10 aliphatic carbocycles. The summed E-state index contributed by atoms with van der Waals surface area (Å²) in [6.07, 6.45) is 39.7. The number of aliphatic carboxylic acids is 2. The Kier molecular flexibility index (Phi) is 42.3. The first-order chi connectivity index (χ1) is 62.6. The minimum Gasteiger partial charge on any atom is -0.481 e. The summed E-state index contributed by atoms with van der Waals surface area (Å²) in [5.41, 5.74) is 6.21. The fourth-order valence-electron chi connectivity index (χ4n) is 23.4. The highest BCUT2D eigenvalue weighted by Crippen LogP contribution is 2.51. The van der Waals surface area contributed by atoms with Crippen molar-refractivity contribution in [1.29, 1.82) is 0 Å². The number of esters is 5. The third-order valence-corrected chi connectivity index (χ3v) is 30.2. The van der Waals surface area contributed by atoms with Crippen molar-refractivity contribution in [2.24, 2.45) is 118 Å². The molecule has 3 heterocycles. The maximum Gasteiger partial charge on any atom is 0.407 e. The molecule has 13 aliphatic rings. The van der Waals surface area contributed by atoms with E-state index in [2.05, 4.69) is 153 Å². The number of fused-ring (bicyclic) bond motifs is 5. The van der Waals surface area contributed by atoms with Gasteiger partial charge in [0, 0.05) is 83.5 Å². The maximum atomic E-state index is 12.5. The largest absolute Gasteiger partial charge is 0.481 e. The molecule has 3 saturated heterocycles. The Balaban J connectivity index is 0.000000186. The van der Waals surface area contributed by atoms with E-state index in [-0.39, 0.29) is 171 Å². The van der Waals surface area contributed by atoms with Gasteiger partial charge in [-0.15, -0.1) is 0 Å². The first-order valence-corrected chi connectivity index (χ1v) is 49.4. The number of aliphatic hydroxyl groups excluding tert-OH is 8. The Morgan fingerprint density at radius 3 is 1.01 bits per heavy atom. The van der Waals surface area contributed by atoms with Crippen LogP contribution >= 0.6 is 0 Å². The summed E-state index contributed by atoms with van der Waals surface area (Å²) in [5, 5.41) is 99.4. The second kappa shape index (κ2) is 51.7. The summed E-state index contributed by atoms with van der Waals surface area (Å²) in [6.45, 7) is 25.0. The lowest BCUT2D eigenvalue weighted by molar-refractivity contribution is -0.162. The summed E-state index contributed by atoms with van der Waals surface area (Å²) in [7, 11) is 5.06. The summed E-state index contributed by atoms with van der Waals surface area (Å²) in [6, 6.07) is 0. The van der Waals surface area contributed by atoms with Gasteiger partial charge in [0.05, 0.1) is 99.1 Å². The zero-order valence-corrected chi connectivity index (χ0v) is 80.8. The molecular formula is C105H159NO26. The van der Waals surface area contributed by atoms with Gasteiger partial charge in [-0.25, -0.2) is 4.79 Å². The Morgan fingerprint density at radius 1 is 0.409 bits per heavy atom. The highest BCUT2D eigenvalue weighted by Gasteiger charge is 2.48. The average molecular weight is 1850 g/mol. The van der Waals surface area contributed by atoms with E-state index in [4.69, 9.17) is 48.1 Å². The van der Waals surface area contributed by atoms with Crippen LogP contribution in [-0.2, 0) is 71.5 Å². The molecule has 3 aliphatic heterocycles. The molecule has 0 aromatic rings. The number of aliphatic hydroxyl groups is 8. The van der Waals surface area contributed by atoms with Crippen molar-refractivity contribution in [3.05, 3.63) is 119 Å². The summed E-state index contributed by atoms with van der Waals surface area (Å²) >= 11 is 0. The van der Waals surface area contributed by atoms with Gasteiger partial charge in [0.2, 0.25) is 0 Å². The summed E-state index contributed by atoms with van der Waals surface area (Å²) < 4.78 is 45.1. The molecule has 0 saturated carbocycles. The number of methoxy groups -OCH3 is 2. The van der Waals surface area contributed by atoms with E-state index in [0.29, 0.717) is 110 Å². The van der Waals surface area contributed by atoms with Crippen LogP contribution in [0.4, 0.5) is 4.79 Å². The quantitative estimate of drug-likeness (QED) is 0.0235. The van der Waals surface area contributed by atoms with Gasteiger partial charge in [-0.2, -0.15) is 0 Å². The molecule has 0 aromatic carbocycles. The van der Waals surface area contributed by atoms with E-state index in [0.717, 1.165) is 89.0 Å². The van der Waals surface area contributed by atoms with E-state index >= 15 is 0 Å². The average Bonchev–Trinajstić information content (AvgIpc) is 0.806. The summed E-state index contributed by atoms with van der Waals surface area (Å²) in [5.74, 6) is 2.61. The second-order valence-electron chi connectivity index (χ2n) is 41.0. The predicted molar refractivity (Wildman–Crippen MR) is 498 cm³/mol. The molecule has 36 atom stereocenters. The Hall–Kier alpha value is -7.44. The number of carboxylic acids is 2. The Morgan fingerprint density at radius 2 is 0.705 bits per heavy atom. The number of hydrogen-bond acceptors (Lipinski definition) is 24. The van der Waals surface area contributed by atoms with Crippen LogP contribution in [0.3, 0.4) is 0 Å². The van der Waals surface area contributed by atoms with Crippen molar-refractivity contribution in [1.82, 2.24) is 5.32 Å². The molecule has 11 N–H and O–H groups in total. The summed E-state index contributed by atoms with van der Waals surface area (Å²) in [4.78, 5) is 92.0. The zero-order valence-electron chi connectivity index (χ0n) is 80.8. The van der Waals surface area contributed by atoms with Crippen LogP contribution in [0.1, 0.15) is 250 Å². The van der Waals surface area contributed by atoms with Crippen LogP contribution < -0.4 is 5.32 Å². The number of rotatable bonds is 30. The molecule has 0 radical (unpaired) electrons. The minimum absolute atomic E-state index is 0.0536. The second-order valence-corrected chi connectivity index (χ2v) is 41.0. The lowest BCUT2D eigenvalue weighted by atomic mass is 9.65. The number of hydrogen-bond donors (Lipinski definition) is 11. The van der Waals surface area contributed by atoms with E-state index in [1.807, 2.05) is 27.0 Å². The molecule has 3 unspecified atom stereocenters. The van der Waals surface area contributed by atoms with Crippen molar-refractivity contribution >= 4 is 47.9 Å². The minimum atomic E-state index is -1.07. The molecule has 0 bridgehead atoms. The van der Waals surface area contributed by atoms with Gasteiger partial charge in [-0.3, -0.25) is 33.6 Å². The number of carbonyl (C=O) groups is 8. The topological polar surface area (TPSA) is 425 Å². The van der Waals surface area contributed by atoms with Crippen LogP contribution in [0.25, 0.3) is 0 Å². The van der Waals surface area contributed by atoms with Gasteiger partial charge in [-0.05, 0) is 220 Å². The van der Waals surface area contributed by atoms with Gasteiger partial charge < -0.3 is 94.3 Å².